The zero-order valence-corrected chi connectivity index (χ0v) is 25.9. The number of carbonyl (C=O) groups is 1. The molecule has 3 unspecified atom stereocenters. The van der Waals surface area contributed by atoms with Crippen LogP contribution in [0.1, 0.15) is 50.3 Å². The highest BCUT2D eigenvalue weighted by Gasteiger charge is 2.50. The number of hydrazine groups is 1. The topological polar surface area (TPSA) is 76.7 Å². The molecule has 1 N–H and O–H groups in total. The van der Waals surface area contributed by atoms with Crippen molar-refractivity contribution in [2.75, 3.05) is 82.5 Å². The number of alkyl halides is 2. The first-order chi connectivity index (χ1) is 21.3. The van der Waals surface area contributed by atoms with E-state index in [1.807, 2.05) is 4.90 Å². The molecule has 4 saturated heterocycles. The minimum absolute atomic E-state index is 0.0131. The summed E-state index contributed by atoms with van der Waals surface area (Å²) in [5.74, 6) is 0.635. The van der Waals surface area contributed by atoms with Crippen LogP contribution in [0.5, 0.6) is 0 Å². The lowest BCUT2D eigenvalue weighted by Crippen LogP contribution is -2.69. The first-order valence-electron chi connectivity index (χ1n) is 16.2. The van der Waals surface area contributed by atoms with Crippen molar-refractivity contribution in [2.24, 2.45) is 0 Å². The standard InChI is InChI=1S/C32H45F2N7O3/c1-4-28(42)39-14-12-37(13-15-39)26-18-40-24(26)7-5-6-23-25(40)16-27(36-29(23)31(33)34)38-10-8-32(9-11-38)30-21(2)17-35-41(30)22(19-43-3)20-44-32/h4,16,22,24,26,31,35H,1,5-15,17-20H2,2-3H3. The van der Waals surface area contributed by atoms with Crippen LogP contribution in [0, 0.1) is 0 Å². The number of methoxy groups -OCH3 is 1. The molecule has 0 aliphatic carbocycles. The summed E-state index contributed by atoms with van der Waals surface area (Å²) in [6.45, 7) is 13.0. The van der Waals surface area contributed by atoms with Crippen LogP contribution >= 0.6 is 0 Å². The number of pyridine rings is 1. The number of anilines is 2. The Labute approximate surface area is 258 Å². The normalized spacial score (nSPS) is 28.5. The Balaban J connectivity index is 1.09. The largest absolute Gasteiger partial charge is 0.382 e. The van der Waals surface area contributed by atoms with Crippen molar-refractivity contribution in [1.82, 2.24) is 25.2 Å². The zero-order valence-electron chi connectivity index (χ0n) is 25.9. The number of halogens is 2. The van der Waals surface area contributed by atoms with Gasteiger partial charge in [0.1, 0.15) is 17.1 Å². The van der Waals surface area contributed by atoms with Gasteiger partial charge in [-0.2, -0.15) is 0 Å². The second-order valence-corrected chi connectivity index (χ2v) is 13.1. The minimum atomic E-state index is -2.62. The summed E-state index contributed by atoms with van der Waals surface area (Å²) >= 11 is 0. The average Bonchev–Trinajstić information content (AvgIpc) is 3.37. The summed E-state index contributed by atoms with van der Waals surface area (Å²) in [4.78, 5) is 25.6. The summed E-state index contributed by atoms with van der Waals surface area (Å²) in [6.07, 6.45) is 2.78. The van der Waals surface area contributed by atoms with Gasteiger partial charge in [-0.3, -0.25) is 9.69 Å². The average molecular weight is 614 g/mol. The van der Waals surface area contributed by atoms with E-state index in [0.29, 0.717) is 63.2 Å². The van der Waals surface area contributed by atoms with Gasteiger partial charge in [0.15, 0.2) is 0 Å². The Morgan fingerprint density at radius 2 is 2.00 bits per heavy atom. The van der Waals surface area contributed by atoms with Gasteiger partial charge in [-0.05, 0) is 50.7 Å². The second-order valence-electron chi connectivity index (χ2n) is 13.1. The van der Waals surface area contributed by atoms with Crippen molar-refractivity contribution >= 4 is 17.4 Å². The molecule has 6 aliphatic heterocycles. The number of amides is 1. The molecule has 0 aromatic carbocycles. The lowest BCUT2D eigenvalue weighted by Gasteiger charge is -2.55. The Kier molecular flexibility index (Phi) is 8.05. The monoisotopic (exact) mass is 613 g/mol. The smallest absolute Gasteiger partial charge is 0.280 e. The number of nitrogens with one attached hydrogen (secondary N) is 1. The van der Waals surface area contributed by atoms with Crippen molar-refractivity contribution in [2.45, 2.75) is 69.2 Å². The van der Waals surface area contributed by atoms with Crippen molar-refractivity contribution in [3.05, 3.63) is 41.2 Å². The van der Waals surface area contributed by atoms with Gasteiger partial charge in [0, 0.05) is 88.9 Å². The minimum Gasteiger partial charge on any atom is -0.382 e. The first-order valence-corrected chi connectivity index (χ1v) is 16.2. The molecule has 3 atom stereocenters. The fourth-order valence-corrected chi connectivity index (χ4v) is 8.51. The molecule has 4 fully saturated rings. The fraction of sp³-hybridized carbons (Fsp3) is 0.688. The molecule has 0 saturated carbocycles. The second kappa shape index (κ2) is 11.9. The Morgan fingerprint density at radius 3 is 2.70 bits per heavy atom. The van der Waals surface area contributed by atoms with E-state index in [4.69, 9.17) is 9.47 Å². The Hall–Kier alpha value is -2.80. The van der Waals surface area contributed by atoms with Crippen LogP contribution < -0.4 is 15.2 Å². The van der Waals surface area contributed by atoms with E-state index in [1.165, 1.54) is 17.3 Å². The molecule has 1 aromatic heterocycles. The number of carbonyl (C=O) groups excluding carboxylic acids is 1. The molecular formula is C32H45F2N7O3. The molecule has 0 radical (unpaired) electrons. The highest BCUT2D eigenvalue weighted by molar-refractivity contribution is 5.87. The molecular weight excluding hydrogens is 568 g/mol. The van der Waals surface area contributed by atoms with Crippen LogP contribution in [0.3, 0.4) is 0 Å². The van der Waals surface area contributed by atoms with Crippen molar-refractivity contribution in [3.8, 4) is 0 Å². The highest BCUT2D eigenvalue weighted by Crippen LogP contribution is 2.46. The predicted octanol–water partition coefficient (Wildman–Crippen LogP) is 2.72. The SMILES string of the molecule is C=CC(=O)N1CCN(C2CN3c4cc(N5CCC6(CC5)OCC(COC)N5NCC(C)=C56)nc(C(F)F)c4CCCC23)CC1. The van der Waals surface area contributed by atoms with Crippen LogP contribution in [-0.4, -0.2) is 122 Å². The molecule has 1 amide bonds. The van der Waals surface area contributed by atoms with E-state index in [1.54, 1.807) is 7.11 Å². The van der Waals surface area contributed by atoms with Gasteiger partial charge in [0.2, 0.25) is 5.91 Å². The van der Waals surface area contributed by atoms with Gasteiger partial charge in [-0.1, -0.05) is 6.58 Å². The number of piperazine rings is 1. The first kappa shape index (κ1) is 29.9. The number of hydrogen-bond acceptors (Lipinski definition) is 9. The Morgan fingerprint density at radius 1 is 1.23 bits per heavy atom. The number of rotatable bonds is 6. The maximum atomic E-state index is 14.6. The summed E-state index contributed by atoms with van der Waals surface area (Å²) in [5.41, 5.74) is 7.24. The molecule has 0 bridgehead atoms. The molecule has 240 valence electrons. The van der Waals surface area contributed by atoms with Crippen molar-refractivity contribution in [3.63, 3.8) is 0 Å². The van der Waals surface area contributed by atoms with Gasteiger partial charge in [-0.25, -0.2) is 19.2 Å². The molecule has 1 aromatic rings. The van der Waals surface area contributed by atoms with Crippen LogP contribution in [0.15, 0.2) is 30.0 Å². The van der Waals surface area contributed by atoms with Gasteiger partial charge < -0.3 is 29.2 Å². The molecule has 10 nitrogen and oxygen atoms in total. The number of nitrogens with zero attached hydrogens (tertiary/aromatic N) is 6. The third-order valence-electron chi connectivity index (χ3n) is 10.8. The predicted molar refractivity (Wildman–Crippen MR) is 164 cm³/mol. The van der Waals surface area contributed by atoms with E-state index < -0.39 is 6.43 Å². The molecule has 6 aliphatic rings. The Bertz CT molecular complexity index is 1310. The number of piperidine rings is 1. The summed E-state index contributed by atoms with van der Waals surface area (Å²) < 4.78 is 41.2. The number of hydrogen-bond donors (Lipinski definition) is 1. The van der Waals surface area contributed by atoms with Gasteiger partial charge in [0.05, 0.1) is 25.0 Å². The van der Waals surface area contributed by atoms with E-state index in [0.717, 1.165) is 57.5 Å². The molecule has 7 heterocycles. The summed E-state index contributed by atoms with van der Waals surface area (Å²) in [7, 11) is 1.72. The van der Waals surface area contributed by atoms with Crippen molar-refractivity contribution < 1.29 is 23.0 Å². The number of aromatic nitrogens is 1. The van der Waals surface area contributed by atoms with Gasteiger partial charge in [-0.15, -0.1) is 0 Å². The molecule has 12 heteroatoms. The third kappa shape index (κ3) is 4.98. The summed E-state index contributed by atoms with van der Waals surface area (Å²) in [5, 5.41) is 2.26. The molecule has 44 heavy (non-hydrogen) atoms. The number of fused-ring (bicyclic) bond motifs is 5. The number of morpholine rings is 1. The molecule has 1 spiro atoms. The van der Waals surface area contributed by atoms with E-state index in [2.05, 4.69) is 49.7 Å². The van der Waals surface area contributed by atoms with Crippen LogP contribution in [0.25, 0.3) is 0 Å². The number of ether oxygens (including phenoxy) is 2. The van der Waals surface area contributed by atoms with Gasteiger partial charge in [0.25, 0.3) is 6.43 Å². The maximum Gasteiger partial charge on any atom is 0.280 e. The van der Waals surface area contributed by atoms with E-state index in [9.17, 15) is 13.6 Å². The maximum absolute atomic E-state index is 14.6. The van der Waals surface area contributed by atoms with Crippen molar-refractivity contribution in [1.29, 1.82) is 0 Å². The highest BCUT2D eigenvalue weighted by atomic mass is 19.3. The van der Waals surface area contributed by atoms with Crippen LogP contribution in [0.4, 0.5) is 20.3 Å². The summed E-state index contributed by atoms with van der Waals surface area (Å²) in [6, 6.07) is 2.87. The van der Waals surface area contributed by atoms with Crippen LogP contribution in [0.2, 0.25) is 0 Å². The quantitative estimate of drug-likeness (QED) is 0.488. The lowest BCUT2D eigenvalue weighted by atomic mass is 9.84. The van der Waals surface area contributed by atoms with E-state index >= 15 is 0 Å². The third-order valence-corrected chi connectivity index (χ3v) is 10.8. The zero-order chi connectivity index (χ0) is 30.6. The van der Waals surface area contributed by atoms with E-state index in [-0.39, 0.29) is 29.3 Å². The van der Waals surface area contributed by atoms with Gasteiger partial charge >= 0.3 is 0 Å². The fourth-order valence-electron chi connectivity index (χ4n) is 8.51. The van der Waals surface area contributed by atoms with Crippen LogP contribution in [-0.2, 0) is 20.7 Å². The molecule has 7 rings (SSSR count). The lowest BCUT2D eigenvalue weighted by molar-refractivity contribution is -0.128.